The standard InChI is InChI=1S/C22H46O4S/c1-3-5-6-7-8-9-10-11-12-13-14-15-16-17-18-20-21(23)22(19-4-2)27(24,25)26/h21-23H,3-20H2,1-2H3,(H,24,25,26). The molecule has 0 bridgehead atoms. The number of aliphatic hydroxyl groups is 1. The fourth-order valence-electron chi connectivity index (χ4n) is 3.74. The lowest BCUT2D eigenvalue weighted by Gasteiger charge is -2.19. The highest BCUT2D eigenvalue weighted by Crippen LogP contribution is 2.18. The molecular formula is C22H46O4S. The molecule has 2 N–H and O–H groups in total. The summed E-state index contributed by atoms with van der Waals surface area (Å²) in [5.41, 5.74) is 0. The molecule has 2 unspecified atom stereocenters. The second-order valence-electron chi connectivity index (χ2n) is 8.15. The highest BCUT2D eigenvalue weighted by Gasteiger charge is 2.29. The summed E-state index contributed by atoms with van der Waals surface area (Å²) in [7, 11) is -4.15. The molecule has 0 radical (unpaired) electrons. The smallest absolute Gasteiger partial charge is 0.270 e. The van der Waals surface area contributed by atoms with Gasteiger partial charge in [-0.1, -0.05) is 117 Å². The van der Waals surface area contributed by atoms with Crippen molar-refractivity contribution < 1.29 is 18.1 Å². The van der Waals surface area contributed by atoms with E-state index in [2.05, 4.69) is 6.92 Å². The highest BCUT2D eigenvalue weighted by molar-refractivity contribution is 7.86. The van der Waals surface area contributed by atoms with Crippen molar-refractivity contribution in [1.82, 2.24) is 0 Å². The maximum absolute atomic E-state index is 11.3. The van der Waals surface area contributed by atoms with Gasteiger partial charge in [0, 0.05) is 0 Å². The second-order valence-corrected chi connectivity index (χ2v) is 9.78. The average Bonchev–Trinajstić information content (AvgIpc) is 2.61. The molecular weight excluding hydrogens is 360 g/mol. The van der Waals surface area contributed by atoms with E-state index in [0.717, 1.165) is 19.3 Å². The minimum absolute atomic E-state index is 0.318. The zero-order valence-corrected chi connectivity index (χ0v) is 18.8. The van der Waals surface area contributed by atoms with Crippen LogP contribution in [0, 0.1) is 0 Å². The molecule has 0 heterocycles. The van der Waals surface area contributed by atoms with Crippen molar-refractivity contribution in [1.29, 1.82) is 0 Å². The lowest BCUT2D eigenvalue weighted by molar-refractivity contribution is 0.147. The second kappa shape index (κ2) is 17.9. The summed E-state index contributed by atoms with van der Waals surface area (Å²) in [6, 6.07) is 0. The molecule has 0 aromatic heterocycles. The summed E-state index contributed by atoms with van der Waals surface area (Å²) < 4.78 is 31.9. The molecule has 0 saturated carbocycles. The Morgan fingerprint density at radius 3 is 1.30 bits per heavy atom. The molecule has 27 heavy (non-hydrogen) atoms. The van der Waals surface area contributed by atoms with Crippen molar-refractivity contribution in [2.45, 2.75) is 141 Å². The van der Waals surface area contributed by atoms with Crippen LogP contribution >= 0.6 is 0 Å². The summed E-state index contributed by atoms with van der Waals surface area (Å²) in [6.45, 7) is 4.12. The number of aliphatic hydroxyl groups excluding tert-OH is 1. The molecule has 0 fully saturated rings. The van der Waals surface area contributed by atoms with Gasteiger partial charge in [-0.3, -0.25) is 4.55 Å². The average molecular weight is 407 g/mol. The van der Waals surface area contributed by atoms with Crippen molar-refractivity contribution in [3.8, 4) is 0 Å². The van der Waals surface area contributed by atoms with Gasteiger partial charge >= 0.3 is 0 Å². The number of hydrogen-bond donors (Lipinski definition) is 2. The van der Waals surface area contributed by atoms with Crippen molar-refractivity contribution in [2.75, 3.05) is 0 Å². The molecule has 0 aromatic rings. The van der Waals surface area contributed by atoms with Gasteiger partial charge in [-0.25, -0.2) is 0 Å². The van der Waals surface area contributed by atoms with Gasteiger partial charge < -0.3 is 5.11 Å². The molecule has 164 valence electrons. The van der Waals surface area contributed by atoms with E-state index in [9.17, 15) is 18.1 Å². The molecule has 0 rings (SSSR count). The third kappa shape index (κ3) is 16.5. The zero-order chi connectivity index (χ0) is 20.4. The van der Waals surface area contributed by atoms with Crippen LogP contribution in [0.2, 0.25) is 0 Å². The molecule has 0 aliphatic carbocycles. The van der Waals surface area contributed by atoms with Crippen LogP contribution in [0.25, 0.3) is 0 Å². The van der Waals surface area contributed by atoms with Crippen molar-refractivity contribution in [2.24, 2.45) is 0 Å². The maximum Gasteiger partial charge on any atom is 0.270 e. The molecule has 0 aromatic carbocycles. The Morgan fingerprint density at radius 1 is 0.593 bits per heavy atom. The predicted octanol–water partition coefficient (Wildman–Crippen LogP) is 6.67. The predicted molar refractivity (Wildman–Crippen MR) is 116 cm³/mol. The van der Waals surface area contributed by atoms with E-state index in [-0.39, 0.29) is 0 Å². The molecule has 4 nitrogen and oxygen atoms in total. The maximum atomic E-state index is 11.3. The monoisotopic (exact) mass is 406 g/mol. The van der Waals surface area contributed by atoms with Gasteiger partial charge in [-0.15, -0.1) is 0 Å². The fraction of sp³-hybridized carbons (Fsp3) is 1.00. The van der Waals surface area contributed by atoms with Gasteiger partial charge in [-0.2, -0.15) is 8.42 Å². The summed E-state index contributed by atoms with van der Waals surface area (Å²) in [5, 5.41) is 9.02. The summed E-state index contributed by atoms with van der Waals surface area (Å²) in [6.07, 6.45) is 19.7. The minimum Gasteiger partial charge on any atom is -0.392 e. The quantitative estimate of drug-likeness (QED) is 0.175. The first-order valence-electron chi connectivity index (χ1n) is 11.6. The Bertz CT molecular complexity index is 409. The Morgan fingerprint density at radius 2 is 0.963 bits per heavy atom. The Balaban J connectivity index is 3.44. The molecule has 2 atom stereocenters. The largest absolute Gasteiger partial charge is 0.392 e. The van der Waals surface area contributed by atoms with E-state index in [1.807, 2.05) is 6.92 Å². The molecule has 5 heteroatoms. The normalized spacial score (nSPS) is 14.4. The first-order valence-corrected chi connectivity index (χ1v) is 13.1. The summed E-state index contributed by atoms with van der Waals surface area (Å²) >= 11 is 0. The summed E-state index contributed by atoms with van der Waals surface area (Å²) in [5.74, 6) is 0. The van der Waals surface area contributed by atoms with Crippen molar-refractivity contribution in [3.63, 3.8) is 0 Å². The van der Waals surface area contributed by atoms with E-state index >= 15 is 0 Å². The molecule has 0 aliphatic heterocycles. The van der Waals surface area contributed by atoms with Gasteiger partial charge in [0.05, 0.1) is 6.10 Å². The minimum atomic E-state index is -4.15. The zero-order valence-electron chi connectivity index (χ0n) is 18.0. The van der Waals surface area contributed by atoms with Crippen LogP contribution in [0.15, 0.2) is 0 Å². The first kappa shape index (κ1) is 26.9. The van der Waals surface area contributed by atoms with E-state index in [4.69, 9.17) is 0 Å². The van der Waals surface area contributed by atoms with Crippen LogP contribution in [0.3, 0.4) is 0 Å². The van der Waals surface area contributed by atoms with Gasteiger partial charge in [-0.05, 0) is 12.8 Å². The lowest BCUT2D eigenvalue weighted by Crippen LogP contribution is -2.33. The van der Waals surface area contributed by atoms with Crippen LogP contribution in [0.1, 0.15) is 129 Å². The van der Waals surface area contributed by atoms with Gasteiger partial charge in [0.1, 0.15) is 5.25 Å². The summed E-state index contributed by atoms with van der Waals surface area (Å²) in [4.78, 5) is 0. The van der Waals surface area contributed by atoms with Gasteiger partial charge in [0.25, 0.3) is 10.1 Å². The number of unbranched alkanes of at least 4 members (excludes halogenated alkanes) is 14. The molecule has 0 aliphatic rings. The van der Waals surface area contributed by atoms with Crippen LogP contribution in [-0.4, -0.2) is 29.4 Å². The van der Waals surface area contributed by atoms with Crippen LogP contribution in [0.4, 0.5) is 0 Å². The first-order chi connectivity index (χ1) is 12.9. The third-order valence-corrected chi connectivity index (χ3v) is 6.80. The van der Waals surface area contributed by atoms with Crippen molar-refractivity contribution >= 4 is 10.1 Å². The lowest BCUT2D eigenvalue weighted by atomic mass is 10.0. The van der Waals surface area contributed by atoms with Gasteiger partial charge in [0.15, 0.2) is 0 Å². The van der Waals surface area contributed by atoms with E-state index in [0.29, 0.717) is 19.3 Å². The van der Waals surface area contributed by atoms with Crippen LogP contribution in [-0.2, 0) is 10.1 Å². The van der Waals surface area contributed by atoms with Crippen molar-refractivity contribution in [3.05, 3.63) is 0 Å². The van der Waals surface area contributed by atoms with E-state index in [1.54, 1.807) is 0 Å². The third-order valence-electron chi connectivity index (χ3n) is 5.49. The molecule has 0 spiro atoms. The van der Waals surface area contributed by atoms with Gasteiger partial charge in [0.2, 0.25) is 0 Å². The topological polar surface area (TPSA) is 74.6 Å². The Labute approximate surface area is 169 Å². The molecule has 0 saturated heterocycles. The van der Waals surface area contributed by atoms with E-state index < -0.39 is 21.5 Å². The van der Waals surface area contributed by atoms with Crippen LogP contribution in [0.5, 0.6) is 0 Å². The Kier molecular flexibility index (Phi) is 17.8. The number of rotatable bonds is 20. The van der Waals surface area contributed by atoms with Crippen LogP contribution < -0.4 is 0 Å². The fourth-order valence-corrected chi connectivity index (χ4v) is 4.80. The number of hydrogen-bond acceptors (Lipinski definition) is 3. The van der Waals surface area contributed by atoms with E-state index in [1.165, 1.54) is 77.0 Å². The SMILES string of the molecule is CCCCCCCCCCCCCCCCCC(O)C(CCC)S(=O)(=O)O. The highest BCUT2D eigenvalue weighted by atomic mass is 32.2. The Hall–Kier alpha value is -0.130. The molecule has 0 amide bonds.